The molecule has 0 fully saturated rings. The Bertz CT molecular complexity index is 1070. The standard InChI is InChI=1S/C25H24ClF3N2O2S/c1-32-20-9-4-17(5-10-20)15-31(16-18-6-11-21(33-2)12-7-18)24(34-3)30-19-8-13-23(26)22(14-19)25(27,28)29/h4-14H,15-16H2,1-3H3. The lowest BCUT2D eigenvalue weighted by Gasteiger charge is -2.26. The van der Waals surface area contributed by atoms with E-state index in [-0.39, 0.29) is 10.7 Å². The van der Waals surface area contributed by atoms with Crippen LogP contribution in [0.3, 0.4) is 0 Å². The molecule has 0 saturated heterocycles. The Morgan fingerprint density at radius 3 is 1.79 bits per heavy atom. The number of benzene rings is 3. The van der Waals surface area contributed by atoms with Crippen molar-refractivity contribution in [2.45, 2.75) is 19.3 Å². The number of aliphatic imine (C=N–C) groups is 1. The van der Waals surface area contributed by atoms with Gasteiger partial charge in [-0.05, 0) is 59.8 Å². The van der Waals surface area contributed by atoms with Crippen LogP contribution in [0.25, 0.3) is 0 Å². The molecule has 3 rings (SSSR count). The molecular formula is C25H24ClF3N2O2S. The Balaban J connectivity index is 1.97. The van der Waals surface area contributed by atoms with E-state index in [1.54, 1.807) is 14.2 Å². The van der Waals surface area contributed by atoms with Crippen LogP contribution in [0, 0.1) is 0 Å². The monoisotopic (exact) mass is 508 g/mol. The Morgan fingerprint density at radius 1 is 0.882 bits per heavy atom. The van der Waals surface area contributed by atoms with E-state index in [9.17, 15) is 13.2 Å². The van der Waals surface area contributed by atoms with E-state index in [2.05, 4.69) is 4.99 Å². The van der Waals surface area contributed by atoms with Crippen molar-refractivity contribution in [1.29, 1.82) is 0 Å². The van der Waals surface area contributed by atoms with Gasteiger partial charge in [0.05, 0.1) is 30.5 Å². The lowest BCUT2D eigenvalue weighted by atomic mass is 10.1. The van der Waals surface area contributed by atoms with Gasteiger partial charge in [-0.2, -0.15) is 13.2 Å². The third kappa shape index (κ3) is 6.84. The number of ether oxygens (including phenoxy) is 2. The highest BCUT2D eigenvalue weighted by molar-refractivity contribution is 8.13. The van der Waals surface area contributed by atoms with Crippen LogP contribution in [0.5, 0.6) is 11.5 Å². The summed E-state index contributed by atoms with van der Waals surface area (Å²) in [6.07, 6.45) is -2.72. The zero-order valence-corrected chi connectivity index (χ0v) is 20.5. The van der Waals surface area contributed by atoms with Gasteiger partial charge in [0, 0.05) is 13.1 Å². The van der Waals surface area contributed by atoms with Gasteiger partial charge < -0.3 is 14.4 Å². The molecule has 0 aromatic heterocycles. The van der Waals surface area contributed by atoms with E-state index in [4.69, 9.17) is 21.1 Å². The number of rotatable bonds is 7. The molecule has 0 saturated carbocycles. The first-order valence-electron chi connectivity index (χ1n) is 10.2. The minimum absolute atomic E-state index is 0.176. The maximum Gasteiger partial charge on any atom is 0.417 e. The van der Waals surface area contributed by atoms with Crippen LogP contribution >= 0.6 is 23.4 Å². The van der Waals surface area contributed by atoms with Gasteiger partial charge in [-0.3, -0.25) is 0 Å². The van der Waals surface area contributed by atoms with Gasteiger partial charge in [0.1, 0.15) is 11.5 Å². The highest BCUT2D eigenvalue weighted by Crippen LogP contribution is 2.37. The summed E-state index contributed by atoms with van der Waals surface area (Å²) in [5, 5.41) is 0.215. The molecule has 3 aromatic carbocycles. The Kier molecular flexibility index (Phi) is 8.74. The third-order valence-corrected chi connectivity index (χ3v) is 6.04. The predicted octanol–water partition coefficient (Wildman–Crippen LogP) is 7.43. The van der Waals surface area contributed by atoms with Crippen LogP contribution < -0.4 is 9.47 Å². The van der Waals surface area contributed by atoms with E-state index in [1.807, 2.05) is 59.7 Å². The van der Waals surface area contributed by atoms with Crippen LogP contribution in [0.15, 0.2) is 71.7 Å². The fraction of sp³-hybridized carbons (Fsp3) is 0.240. The first-order chi connectivity index (χ1) is 16.2. The van der Waals surface area contributed by atoms with Crippen molar-refractivity contribution < 1.29 is 22.6 Å². The van der Waals surface area contributed by atoms with E-state index >= 15 is 0 Å². The van der Waals surface area contributed by atoms with E-state index in [0.717, 1.165) is 28.7 Å². The molecule has 0 atom stereocenters. The quantitative estimate of drug-likeness (QED) is 0.245. The van der Waals surface area contributed by atoms with Crippen LogP contribution in [-0.4, -0.2) is 30.5 Å². The molecule has 0 aliphatic carbocycles. The number of halogens is 4. The third-order valence-electron chi connectivity index (χ3n) is 5.00. The average molecular weight is 509 g/mol. The van der Waals surface area contributed by atoms with E-state index < -0.39 is 11.7 Å². The molecule has 0 N–H and O–H groups in total. The summed E-state index contributed by atoms with van der Waals surface area (Å²) in [6, 6.07) is 18.9. The molecule has 0 bridgehead atoms. The van der Waals surface area contributed by atoms with Crippen LogP contribution in [-0.2, 0) is 19.3 Å². The summed E-state index contributed by atoms with van der Waals surface area (Å²) >= 11 is 7.13. The summed E-state index contributed by atoms with van der Waals surface area (Å²) in [7, 11) is 3.20. The molecule has 0 aliphatic rings. The van der Waals surface area contributed by atoms with Crippen molar-refractivity contribution in [1.82, 2.24) is 4.90 Å². The Morgan fingerprint density at radius 2 is 1.38 bits per heavy atom. The number of nitrogens with zero attached hydrogens (tertiary/aromatic N) is 2. The van der Waals surface area contributed by atoms with Crippen molar-refractivity contribution in [2.75, 3.05) is 20.5 Å². The maximum absolute atomic E-state index is 13.3. The molecule has 9 heteroatoms. The normalized spacial score (nSPS) is 11.9. The molecule has 34 heavy (non-hydrogen) atoms. The minimum Gasteiger partial charge on any atom is -0.497 e. The predicted molar refractivity (Wildman–Crippen MR) is 132 cm³/mol. The zero-order chi connectivity index (χ0) is 24.7. The first kappa shape index (κ1) is 25.8. The van der Waals surface area contributed by atoms with E-state index in [0.29, 0.717) is 18.3 Å². The SMILES string of the molecule is COc1ccc(CN(Cc2ccc(OC)cc2)C(=Nc2ccc(Cl)c(C(F)(F)F)c2)SC)cc1. The summed E-state index contributed by atoms with van der Waals surface area (Å²) < 4.78 is 50.5. The van der Waals surface area contributed by atoms with Gasteiger partial charge in [-0.1, -0.05) is 47.6 Å². The fourth-order valence-electron chi connectivity index (χ4n) is 3.25. The summed E-state index contributed by atoms with van der Waals surface area (Å²) in [5.41, 5.74) is 1.27. The molecule has 3 aromatic rings. The van der Waals surface area contributed by atoms with Gasteiger partial charge in [0.15, 0.2) is 5.17 Å². The number of hydrogen-bond donors (Lipinski definition) is 0. The minimum atomic E-state index is -4.56. The topological polar surface area (TPSA) is 34.1 Å². The molecule has 0 radical (unpaired) electrons. The lowest BCUT2D eigenvalue weighted by Crippen LogP contribution is -2.27. The molecular weight excluding hydrogens is 485 g/mol. The summed E-state index contributed by atoms with van der Waals surface area (Å²) in [4.78, 5) is 6.56. The number of amidine groups is 1. The second-order valence-corrected chi connectivity index (χ2v) is 8.49. The number of thioether (sulfide) groups is 1. The summed E-state index contributed by atoms with van der Waals surface area (Å²) in [5.74, 6) is 1.48. The van der Waals surface area contributed by atoms with Crippen molar-refractivity contribution in [2.24, 2.45) is 4.99 Å². The van der Waals surface area contributed by atoms with Gasteiger partial charge in [0.25, 0.3) is 0 Å². The van der Waals surface area contributed by atoms with Crippen LogP contribution in [0.2, 0.25) is 5.02 Å². The average Bonchev–Trinajstić information content (AvgIpc) is 2.83. The first-order valence-corrected chi connectivity index (χ1v) is 11.8. The van der Waals surface area contributed by atoms with Crippen molar-refractivity contribution >= 4 is 34.2 Å². The highest BCUT2D eigenvalue weighted by atomic mass is 35.5. The van der Waals surface area contributed by atoms with Crippen molar-refractivity contribution in [3.05, 3.63) is 88.4 Å². The Labute approximate surface area is 206 Å². The number of hydrogen-bond acceptors (Lipinski definition) is 4. The van der Waals surface area contributed by atoms with Gasteiger partial charge >= 0.3 is 6.18 Å². The molecule has 4 nitrogen and oxygen atoms in total. The number of alkyl halides is 3. The molecule has 0 spiro atoms. The van der Waals surface area contributed by atoms with Gasteiger partial charge in [-0.15, -0.1) is 0 Å². The molecule has 180 valence electrons. The summed E-state index contributed by atoms with van der Waals surface area (Å²) in [6.45, 7) is 0.991. The molecule has 0 aliphatic heterocycles. The highest BCUT2D eigenvalue weighted by Gasteiger charge is 2.33. The molecule has 0 heterocycles. The van der Waals surface area contributed by atoms with E-state index in [1.165, 1.54) is 23.9 Å². The Hall–Kier alpha value is -2.84. The molecule has 0 unspecified atom stereocenters. The fourth-order valence-corrected chi connectivity index (χ4v) is 4.06. The molecule has 0 amide bonds. The number of methoxy groups -OCH3 is 2. The van der Waals surface area contributed by atoms with Gasteiger partial charge in [0.2, 0.25) is 0 Å². The maximum atomic E-state index is 13.3. The lowest BCUT2D eigenvalue weighted by molar-refractivity contribution is -0.137. The largest absolute Gasteiger partial charge is 0.497 e. The second-order valence-electron chi connectivity index (χ2n) is 7.31. The zero-order valence-electron chi connectivity index (χ0n) is 18.9. The second kappa shape index (κ2) is 11.5. The van der Waals surface area contributed by atoms with Crippen molar-refractivity contribution in [3.8, 4) is 11.5 Å². The van der Waals surface area contributed by atoms with Crippen molar-refractivity contribution in [3.63, 3.8) is 0 Å². The van der Waals surface area contributed by atoms with Gasteiger partial charge in [-0.25, -0.2) is 4.99 Å². The smallest absolute Gasteiger partial charge is 0.417 e. The van der Waals surface area contributed by atoms with Crippen LogP contribution in [0.4, 0.5) is 18.9 Å². The van der Waals surface area contributed by atoms with Crippen LogP contribution in [0.1, 0.15) is 16.7 Å².